The van der Waals surface area contributed by atoms with Gasteiger partial charge in [0.1, 0.15) is 17.6 Å². The standard InChI is InChI=1S/C14H15BrFN3O/c1-9(10-4-5-12(16)11(15)7-10)19-8-13(17-18-19)14-3-2-6-20-14/h4-5,7-9,14H,2-3,6H2,1H3/t9-,14?/m0/s1. The average molecular weight is 340 g/mol. The van der Waals surface area contributed by atoms with Crippen LogP contribution in [-0.4, -0.2) is 21.6 Å². The van der Waals surface area contributed by atoms with Gasteiger partial charge in [0, 0.05) is 6.61 Å². The summed E-state index contributed by atoms with van der Waals surface area (Å²) in [5, 5.41) is 8.35. The van der Waals surface area contributed by atoms with Crippen molar-refractivity contribution in [3.8, 4) is 0 Å². The summed E-state index contributed by atoms with van der Waals surface area (Å²) in [7, 11) is 0. The van der Waals surface area contributed by atoms with E-state index < -0.39 is 0 Å². The van der Waals surface area contributed by atoms with Crippen LogP contribution in [-0.2, 0) is 4.74 Å². The second kappa shape index (κ2) is 5.61. The Hall–Kier alpha value is -1.27. The monoisotopic (exact) mass is 339 g/mol. The number of hydrogen-bond donors (Lipinski definition) is 0. The fraction of sp³-hybridized carbons (Fsp3) is 0.429. The number of rotatable bonds is 3. The summed E-state index contributed by atoms with van der Waals surface area (Å²) >= 11 is 3.21. The van der Waals surface area contributed by atoms with E-state index in [4.69, 9.17) is 4.74 Å². The number of halogens is 2. The molecule has 0 saturated carbocycles. The molecule has 1 aromatic carbocycles. The van der Waals surface area contributed by atoms with Crippen molar-refractivity contribution in [3.05, 3.63) is 45.9 Å². The van der Waals surface area contributed by atoms with Crippen LogP contribution in [0.3, 0.4) is 0 Å². The molecule has 4 nitrogen and oxygen atoms in total. The fourth-order valence-electron chi connectivity index (χ4n) is 2.36. The van der Waals surface area contributed by atoms with Gasteiger partial charge in [0.15, 0.2) is 0 Å². The van der Waals surface area contributed by atoms with Gasteiger partial charge in [-0.05, 0) is 53.4 Å². The maximum Gasteiger partial charge on any atom is 0.137 e. The lowest BCUT2D eigenvalue weighted by atomic mass is 10.1. The third-order valence-corrected chi connectivity index (χ3v) is 4.22. The lowest BCUT2D eigenvalue weighted by molar-refractivity contribution is 0.108. The van der Waals surface area contributed by atoms with Crippen molar-refractivity contribution in [1.82, 2.24) is 15.0 Å². The summed E-state index contributed by atoms with van der Waals surface area (Å²) in [6.07, 6.45) is 4.04. The Morgan fingerprint density at radius 3 is 3.05 bits per heavy atom. The zero-order valence-corrected chi connectivity index (χ0v) is 12.7. The zero-order valence-electron chi connectivity index (χ0n) is 11.1. The van der Waals surface area contributed by atoms with E-state index in [1.165, 1.54) is 6.07 Å². The Bertz CT molecular complexity index is 610. The van der Waals surface area contributed by atoms with Gasteiger partial charge >= 0.3 is 0 Å². The molecule has 0 spiro atoms. The molecule has 1 aliphatic heterocycles. The molecular weight excluding hydrogens is 325 g/mol. The molecule has 1 aliphatic rings. The first kappa shape index (κ1) is 13.7. The number of aromatic nitrogens is 3. The van der Waals surface area contributed by atoms with Crippen molar-refractivity contribution in [1.29, 1.82) is 0 Å². The third-order valence-electron chi connectivity index (χ3n) is 3.61. The molecule has 0 bridgehead atoms. The lowest BCUT2D eigenvalue weighted by Crippen LogP contribution is -2.07. The second-order valence-electron chi connectivity index (χ2n) is 4.97. The molecule has 0 radical (unpaired) electrons. The molecule has 6 heteroatoms. The van der Waals surface area contributed by atoms with Gasteiger partial charge in [-0.25, -0.2) is 9.07 Å². The summed E-state index contributed by atoms with van der Waals surface area (Å²) < 4.78 is 21.1. The Morgan fingerprint density at radius 1 is 1.50 bits per heavy atom. The van der Waals surface area contributed by atoms with E-state index in [0.29, 0.717) is 4.47 Å². The molecule has 1 saturated heterocycles. The van der Waals surface area contributed by atoms with E-state index in [0.717, 1.165) is 30.7 Å². The maximum atomic E-state index is 13.3. The quantitative estimate of drug-likeness (QED) is 0.856. The van der Waals surface area contributed by atoms with Gasteiger partial charge in [-0.3, -0.25) is 0 Å². The van der Waals surface area contributed by atoms with Crippen LogP contribution in [0.25, 0.3) is 0 Å². The van der Waals surface area contributed by atoms with Crippen molar-refractivity contribution < 1.29 is 9.13 Å². The first-order valence-electron chi connectivity index (χ1n) is 6.63. The predicted molar refractivity (Wildman–Crippen MR) is 75.9 cm³/mol. The largest absolute Gasteiger partial charge is 0.372 e. The van der Waals surface area contributed by atoms with E-state index in [-0.39, 0.29) is 18.0 Å². The van der Waals surface area contributed by atoms with Crippen molar-refractivity contribution in [2.24, 2.45) is 0 Å². The fourth-order valence-corrected chi connectivity index (χ4v) is 2.76. The van der Waals surface area contributed by atoms with Crippen molar-refractivity contribution >= 4 is 15.9 Å². The minimum atomic E-state index is -0.264. The Labute approximate surface area is 125 Å². The van der Waals surface area contributed by atoms with Gasteiger partial charge in [-0.15, -0.1) is 5.10 Å². The molecule has 0 aliphatic carbocycles. The van der Waals surface area contributed by atoms with Crippen LogP contribution in [0.5, 0.6) is 0 Å². The van der Waals surface area contributed by atoms with Crippen LogP contribution in [0.15, 0.2) is 28.9 Å². The van der Waals surface area contributed by atoms with Crippen molar-refractivity contribution in [2.75, 3.05) is 6.61 Å². The van der Waals surface area contributed by atoms with Gasteiger partial charge < -0.3 is 4.74 Å². The third kappa shape index (κ3) is 2.62. The van der Waals surface area contributed by atoms with Crippen LogP contribution in [0.2, 0.25) is 0 Å². The highest BCUT2D eigenvalue weighted by Gasteiger charge is 2.22. The van der Waals surface area contributed by atoms with Crippen LogP contribution in [0, 0.1) is 5.82 Å². The number of nitrogens with zero attached hydrogens (tertiary/aromatic N) is 3. The molecule has 3 rings (SSSR count). The minimum Gasteiger partial charge on any atom is -0.372 e. The van der Waals surface area contributed by atoms with Gasteiger partial charge in [0.25, 0.3) is 0 Å². The molecule has 2 aromatic rings. The van der Waals surface area contributed by atoms with Gasteiger partial charge in [0.05, 0.1) is 16.7 Å². The number of hydrogen-bond acceptors (Lipinski definition) is 3. The van der Waals surface area contributed by atoms with E-state index in [9.17, 15) is 4.39 Å². The van der Waals surface area contributed by atoms with Crippen LogP contribution in [0.1, 0.15) is 43.2 Å². The van der Waals surface area contributed by atoms with E-state index in [2.05, 4.69) is 26.2 Å². The molecule has 1 aromatic heterocycles. The first-order valence-corrected chi connectivity index (χ1v) is 7.43. The molecule has 1 unspecified atom stereocenters. The molecule has 0 N–H and O–H groups in total. The Morgan fingerprint density at radius 2 is 2.35 bits per heavy atom. The molecule has 0 amide bonds. The van der Waals surface area contributed by atoms with Crippen molar-refractivity contribution in [3.63, 3.8) is 0 Å². The van der Waals surface area contributed by atoms with Crippen LogP contribution < -0.4 is 0 Å². The first-order chi connectivity index (χ1) is 9.65. The molecular formula is C14H15BrFN3O. The smallest absolute Gasteiger partial charge is 0.137 e. The van der Waals surface area contributed by atoms with E-state index in [1.807, 2.05) is 13.1 Å². The molecule has 20 heavy (non-hydrogen) atoms. The van der Waals surface area contributed by atoms with Crippen LogP contribution >= 0.6 is 15.9 Å². The molecule has 1 fully saturated rings. The summed E-state index contributed by atoms with van der Waals surface area (Å²) in [6, 6.07) is 4.98. The van der Waals surface area contributed by atoms with Crippen LogP contribution in [0.4, 0.5) is 4.39 Å². The number of ether oxygens (including phenoxy) is 1. The predicted octanol–water partition coefficient (Wildman–Crippen LogP) is 3.64. The van der Waals surface area contributed by atoms with E-state index in [1.54, 1.807) is 16.8 Å². The highest BCUT2D eigenvalue weighted by Crippen LogP contribution is 2.28. The van der Waals surface area contributed by atoms with Gasteiger partial charge in [-0.1, -0.05) is 11.3 Å². The zero-order chi connectivity index (χ0) is 14.1. The van der Waals surface area contributed by atoms with Gasteiger partial charge in [0.2, 0.25) is 0 Å². The topological polar surface area (TPSA) is 39.9 Å². The summed E-state index contributed by atoms with van der Waals surface area (Å²) in [6.45, 7) is 2.80. The number of benzene rings is 1. The SMILES string of the molecule is C[C@@H](c1ccc(F)c(Br)c1)n1cc(C2CCCO2)nn1. The summed E-state index contributed by atoms with van der Waals surface area (Å²) in [4.78, 5) is 0. The molecule has 2 heterocycles. The molecule has 2 atom stereocenters. The molecule has 106 valence electrons. The lowest BCUT2D eigenvalue weighted by Gasteiger charge is -2.12. The Kier molecular flexibility index (Phi) is 3.85. The average Bonchev–Trinajstić information content (AvgIpc) is 3.11. The van der Waals surface area contributed by atoms with Gasteiger partial charge in [-0.2, -0.15) is 0 Å². The second-order valence-corrected chi connectivity index (χ2v) is 5.83. The normalized spacial score (nSPS) is 20.2. The highest BCUT2D eigenvalue weighted by molar-refractivity contribution is 9.10. The summed E-state index contributed by atoms with van der Waals surface area (Å²) in [5.74, 6) is -0.264. The Balaban J connectivity index is 1.82. The van der Waals surface area contributed by atoms with Crippen molar-refractivity contribution in [2.45, 2.75) is 31.9 Å². The minimum absolute atomic E-state index is 0.00504. The maximum absolute atomic E-state index is 13.3. The highest BCUT2D eigenvalue weighted by atomic mass is 79.9. The van der Waals surface area contributed by atoms with E-state index >= 15 is 0 Å². The summed E-state index contributed by atoms with van der Waals surface area (Å²) in [5.41, 5.74) is 1.84.